The Morgan fingerprint density at radius 2 is 2.09 bits per heavy atom. The molecule has 0 atom stereocenters. The third-order valence-electron chi connectivity index (χ3n) is 4.71. The van der Waals surface area contributed by atoms with Crippen LogP contribution in [0.2, 0.25) is 0 Å². The minimum absolute atomic E-state index is 0.462. The summed E-state index contributed by atoms with van der Waals surface area (Å²) in [7, 11) is 0. The molecule has 120 valence electrons. The normalized spacial score (nSPS) is 17.6. The molecule has 0 bridgehead atoms. The number of rotatable bonds is 5. The predicted molar refractivity (Wildman–Crippen MR) is 90.2 cm³/mol. The Morgan fingerprint density at radius 1 is 1.32 bits per heavy atom. The lowest BCUT2D eigenvalue weighted by molar-refractivity contribution is 0.200. The van der Waals surface area contributed by atoms with Crippen molar-refractivity contribution in [2.75, 3.05) is 26.2 Å². The van der Waals surface area contributed by atoms with Gasteiger partial charge in [-0.2, -0.15) is 0 Å². The first-order valence-electron chi connectivity index (χ1n) is 8.50. The summed E-state index contributed by atoms with van der Waals surface area (Å²) in [6.45, 7) is 8.57. The fraction of sp³-hybridized carbons (Fsp3) is 0.611. The lowest BCUT2D eigenvalue weighted by atomic mass is 9.96. The third-order valence-corrected chi connectivity index (χ3v) is 4.71. The maximum absolute atomic E-state index is 6.01. The van der Waals surface area contributed by atoms with Gasteiger partial charge in [0.1, 0.15) is 5.52 Å². The smallest absolute Gasteiger partial charge is 0.198 e. The van der Waals surface area contributed by atoms with E-state index >= 15 is 0 Å². The van der Waals surface area contributed by atoms with Crippen molar-refractivity contribution in [3.8, 4) is 0 Å². The van der Waals surface area contributed by atoms with Crippen molar-refractivity contribution in [2.24, 2.45) is 5.73 Å². The van der Waals surface area contributed by atoms with Crippen molar-refractivity contribution >= 4 is 11.1 Å². The number of fused-ring (bicyclic) bond motifs is 1. The van der Waals surface area contributed by atoms with Crippen LogP contribution < -0.4 is 5.73 Å². The van der Waals surface area contributed by atoms with E-state index in [0.29, 0.717) is 11.8 Å². The van der Waals surface area contributed by atoms with Gasteiger partial charge in [-0.25, -0.2) is 4.98 Å². The molecule has 1 fully saturated rings. The number of hydrogen-bond acceptors (Lipinski definition) is 4. The summed E-state index contributed by atoms with van der Waals surface area (Å²) in [5.41, 5.74) is 8.84. The van der Waals surface area contributed by atoms with E-state index in [1.807, 2.05) is 0 Å². The first-order valence-corrected chi connectivity index (χ1v) is 8.50. The van der Waals surface area contributed by atoms with E-state index in [-0.39, 0.29) is 0 Å². The second-order valence-corrected chi connectivity index (χ2v) is 6.69. The van der Waals surface area contributed by atoms with Gasteiger partial charge in [-0.3, -0.25) is 0 Å². The number of aromatic nitrogens is 1. The Labute approximate surface area is 132 Å². The molecule has 3 rings (SSSR count). The second kappa shape index (κ2) is 6.80. The van der Waals surface area contributed by atoms with Crippen LogP contribution in [0.5, 0.6) is 0 Å². The number of oxazole rings is 1. The third kappa shape index (κ3) is 3.33. The summed E-state index contributed by atoms with van der Waals surface area (Å²) >= 11 is 0. The summed E-state index contributed by atoms with van der Waals surface area (Å²) < 4.78 is 6.01. The van der Waals surface area contributed by atoms with Crippen molar-refractivity contribution in [1.82, 2.24) is 9.88 Å². The van der Waals surface area contributed by atoms with Gasteiger partial charge in [0.2, 0.25) is 0 Å². The lowest BCUT2D eigenvalue weighted by Crippen LogP contribution is -2.34. The summed E-state index contributed by atoms with van der Waals surface area (Å²) in [6, 6.07) is 6.39. The quantitative estimate of drug-likeness (QED) is 0.918. The van der Waals surface area contributed by atoms with Gasteiger partial charge in [0.25, 0.3) is 0 Å². The van der Waals surface area contributed by atoms with Crippen LogP contribution in [0, 0.1) is 0 Å². The average Bonchev–Trinajstić information content (AvgIpc) is 2.96. The molecule has 0 aliphatic carbocycles. The van der Waals surface area contributed by atoms with Gasteiger partial charge in [0.05, 0.1) is 0 Å². The number of benzene rings is 1. The number of hydrogen-bond donors (Lipinski definition) is 1. The van der Waals surface area contributed by atoms with Gasteiger partial charge >= 0.3 is 0 Å². The highest BCUT2D eigenvalue weighted by atomic mass is 16.3. The average molecular weight is 301 g/mol. The molecule has 1 aliphatic rings. The Kier molecular flexibility index (Phi) is 4.79. The highest BCUT2D eigenvalue weighted by Crippen LogP contribution is 2.31. The Hall–Kier alpha value is -1.39. The summed E-state index contributed by atoms with van der Waals surface area (Å²) in [6.07, 6.45) is 3.36. The van der Waals surface area contributed by atoms with Gasteiger partial charge in [0.15, 0.2) is 11.5 Å². The SMILES string of the molecule is CC(C)c1ccc2oc(C3CCN(CCCN)CC3)nc2c1. The molecule has 2 heterocycles. The van der Waals surface area contributed by atoms with E-state index < -0.39 is 0 Å². The van der Waals surface area contributed by atoms with Crippen molar-refractivity contribution in [3.63, 3.8) is 0 Å². The van der Waals surface area contributed by atoms with Crippen LogP contribution in [0.15, 0.2) is 22.6 Å². The lowest BCUT2D eigenvalue weighted by Gasteiger charge is -2.30. The Balaban J connectivity index is 1.69. The molecule has 4 heteroatoms. The minimum Gasteiger partial charge on any atom is -0.440 e. The predicted octanol–water partition coefficient (Wildman–Crippen LogP) is 3.48. The van der Waals surface area contributed by atoms with Crippen LogP contribution in [0.3, 0.4) is 0 Å². The minimum atomic E-state index is 0.462. The second-order valence-electron chi connectivity index (χ2n) is 6.69. The van der Waals surface area contributed by atoms with E-state index in [9.17, 15) is 0 Å². The molecule has 1 aliphatic heterocycles. The van der Waals surface area contributed by atoms with Gasteiger partial charge in [-0.15, -0.1) is 0 Å². The van der Waals surface area contributed by atoms with Gasteiger partial charge in [-0.1, -0.05) is 19.9 Å². The number of nitrogens with two attached hydrogens (primary N) is 1. The van der Waals surface area contributed by atoms with E-state index in [4.69, 9.17) is 15.1 Å². The molecule has 0 spiro atoms. The summed E-state index contributed by atoms with van der Waals surface area (Å²) in [5.74, 6) is 1.91. The van der Waals surface area contributed by atoms with Crippen LogP contribution in [0.1, 0.15) is 56.4 Å². The molecule has 0 saturated carbocycles. The van der Waals surface area contributed by atoms with Crippen LogP contribution in [0.25, 0.3) is 11.1 Å². The fourth-order valence-electron chi connectivity index (χ4n) is 3.21. The highest BCUT2D eigenvalue weighted by Gasteiger charge is 2.24. The Morgan fingerprint density at radius 3 is 2.77 bits per heavy atom. The van der Waals surface area contributed by atoms with Crippen LogP contribution in [-0.4, -0.2) is 36.1 Å². The zero-order valence-corrected chi connectivity index (χ0v) is 13.7. The molecule has 0 unspecified atom stereocenters. The number of nitrogens with zero attached hydrogens (tertiary/aromatic N) is 2. The van der Waals surface area contributed by atoms with E-state index in [1.54, 1.807) is 0 Å². The van der Waals surface area contributed by atoms with E-state index in [2.05, 4.69) is 36.9 Å². The molecule has 1 aromatic carbocycles. The first kappa shape index (κ1) is 15.5. The molecule has 0 amide bonds. The number of likely N-dealkylation sites (tertiary alicyclic amines) is 1. The first-order chi connectivity index (χ1) is 10.7. The molecule has 1 aromatic heterocycles. The van der Waals surface area contributed by atoms with E-state index in [1.165, 1.54) is 5.56 Å². The highest BCUT2D eigenvalue weighted by molar-refractivity contribution is 5.73. The van der Waals surface area contributed by atoms with Gasteiger partial charge in [-0.05, 0) is 69.1 Å². The summed E-state index contributed by atoms with van der Waals surface area (Å²) in [5, 5.41) is 0. The van der Waals surface area contributed by atoms with E-state index in [0.717, 1.165) is 62.4 Å². The topological polar surface area (TPSA) is 55.3 Å². The van der Waals surface area contributed by atoms with Gasteiger partial charge < -0.3 is 15.1 Å². The molecule has 1 saturated heterocycles. The maximum atomic E-state index is 6.01. The fourth-order valence-corrected chi connectivity index (χ4v) is 3.21. The molecule has 4 nitrogen and oxygen atoms in total. The molecular weight excluding hydrogens is 274 g/mol. The number of piperidine rings is 1. The zero-order chi connectivity index (χ0) is 15.5. The van der Waals surface area contributed by atoms with Crippen molar-refractivity contribution in [1.29, 1.82) is 0 Å². The van der Waals surface area contributed by atoms with Crippen LogP contribution in [-0.2, 0) is 0 Å². The van der Waals surface area contributed by atoms with Crippen LogP contribution in [0.4, 0.5) is 0 Å². The summed E-state index contributed by atoms with van der Waals surface area (Å²) in [4.78, 5) is 7.26. The monoisotopic (exact) mass is 301 g/mol. The maximum Gasteiger partial charge on any atom is 0.198 e. The standard InChI is InChI=1S/C18H27N3O/c1-13(2)15-4-5-17-16(12-15)20-18(22-17)14-6-10-21(11-7-14)9-3-8-19/h4-5,12-14H,3,6-11,19H2,1-2H3. The van der Waals surface area contributed by atoms with Crippen LogP contribution >= 0.6 is 0 Å². The molecular formula is C18H27N3O. The van der Waals surface area contributed by atoms with Crippen molar-refractivity contribution < 1.29 is 4.42 Å². The van der Waals surface area contributed by atoms with Crippen molar-refractivity contribution in [2.45, 2.75) is 44.9 Å². The molecule has 2 N–H and O–H groups in total. The molecule has 2 aromatic rings. The molecule has 22 heavy (non-hydrogen) atoms. The van der Waals surface area contributed by atoms with Crippen molar-refractivity contribution in [3.05, 3.63) is 29.7 Å². The molecule has 0 radical (unpaired) electrons. The largest absolute Gasteiger partial charge is 0.440 e. The zero-order valence-electron chi connectivity index (χ0n) is 13.7. The van der Waals surface area contributed by atoms with Gasteiger partial charge in [0, 0.05) is 5.92 Å². The Bertz CT molecular complexity index is 612.